The van der Waals surface area contributed by atoms with Crippen molar-refractivity contribution in [2.75, 3.05) is 18.9 Å². The Bertz CT molecular complexity index is 459. The fourth-order valence-electron chi connectivity index (χ4n) is 1.53. The maximum atomic E-state index is 12.2. The molecule has 1 aromatic heterocycles. The highest BCUT2D eigenvalue weighted by molar-refractivity contribution is 9.09. The van der Waals surface area contributed by atoms with Crippen molar-refractivity contribution in [2.45, 2.75) is 37.8 Å². The summed E-state index contributed by atoms with van der Waals surface area (Å²) in [5, 5.41) is 1.09. The molecule has 0 radical (unpaired) electrons. The first-order valence-corrected chi connectivity index (χ1v) is 8.62. The molecule has 5 nitrogen and oxygen atoms in total. The van der Waals surface area contributed by atoms with Crippen LogP contribution in [0.1, 0.15) is 26.2 Å². The van der Waals surface area contributed by atoms with E-state index in [9.17, 15) is 8.42 Å². The van der Waals surface area contributed by atoms with Gasteiger partial charge in [-0.05, 0) is 19.8 Å². The Morgan fingerprint density at radius 2 is 2.11 bits per heavy atom. The number of aromatic nitrogens is 2. The zero-order chi connectivity index (χ0) is 13.6. The van der Waals surface area contributed by atoms with E-state index < -0.39 is 10.0 Å². The van der Waals surface area contributed by atoms with Gasteiger partial charge in [-0.2, -0.15) is 4.31 Å². The topological polar surface area (TPSA) is 55.2 Å². The Kier molecular flexibility index (Phi) is 6.31. The Morgan fingerprint density at radius 3 is 2.67 bits per heavy atom. The maximum absolute atomic E-state index is 12.2. The largest absolute Gasteiger partial charge is 0.336 e. The van der Waals surface area contributed by atoms with Gasteiger partial charge in [0.1, 0.15) is 0 Å². The molecule has 7 heteroatoms. The minimum absolute atomic E-state index is 0.132. The number of imidazole rings is 1. The molecule has 0 bridgehead atoms. The second kappa shape index (κ2) is 7.25. The molecule has 0 saturated heterocycles. The van der Waals surface area contributed by atoms with Crippen molar-refractivity contribution < 1.29 is 8.42 Å². The lowest BCUT2D eigenvalue weighted by molar-refractivity contribution is 0.452. The van der Waals surface area contributed by atoms with Gasteiger partial charge in [-0.15, -0.1) is 0 Å². The molecule has 1 rings (SSSR count). The summed E-state index contributed by atoms with van der Waals surface area (Å²) >= 11 is 3.36. The van der Waals surface area contributed by atoms with Crippen LogP contribution in [0.25, 0.3) is 0 Å². The number of alkyl halides is 1. The molecule has 0 aromatic carbocycles. The summed E-state index contributed by atoms with van der Waals surface area (Å²) in [6.07, 6.45) is 6.08. The fraction of sp³-hybridized carbons (Fsp3) is 0.727. The Hall–Kier alpha value is -0.400. The van der Waals surface area contributed by atoms with Crippen LogP contribution < -0.4 is 0 Å². The third kappa shape index (κ3) is 4.07. The third-order valence-corrected chi connectivity index (χ3v) is 5.06. The quantitative estimate of drug-likeness (QED) is 0.539. The van der Waals surface area contributed by atoms with Gasteiger partial charge < -0.3 is 4.57 Å². The number of aryl methyl sites for hydroxylation is 1. The van der Waals surface area contributed by atoms with E-state index in [1.54, 1.807) is 24.1 Å². The van der Waals surface area contributed by atoms with Gasteiger partial charge in [0.15, 0.2) is 5.03 Å². The molecule has 1 aromatic rings. The molecule has 0 aliphatic rings. The highest BCUT2D eigenvalue weighted by Gasteiger charge is 2.22. The zero-order valence-electron chi connectivity index (χ0n) is 10.8. The van der Waals surface area contributed by atoms with E-state index in [0.29, 0.717) is 6.54 Å². The first-order valence-electron chi connectivity index (χ1n) is 6.06. The van der Waals surface area contributed by atoms with Gasteiger partial charge in [-0.3, -0.25) is 0 Å². The molecular formula is C11H20BrN3O2S. The molecule has 0 spiro atoms. The van der Waals surface area contributed by atoms with E-state index in [0.717, 1.165) is 31.1 Å². The predicted molar refractivity (Wildman–Crippen MR) is 75.4 cm³/mol. The number of hydrogen-bond donors (Lipinski definition) is 0. The lowest BCUT2D eigenvalue weighted by Crippen LogP contribution is -2.28. The predicted octanol–water partition coefficient (Wildman–Crippen LogP) is 2.09. The molecule has 0 aliphatic heterocycles. The molecule has 104 valence electrons. The van der Waals surface area contributed by atoms with Gasteiger partial charge in [-0.1, -0.05) is 22.4 Å². The van der Waals surface area contributed by atoms with Crippen LogP contribution in [0, 0.1) is 0 Å². The summed E-state index contributed by atoms with van der Waals surface area (Å²) in [5.74, 6) is 0. The minimum Gasteiger partial charge on any atom is -0.336 e. The van der Waals surface area contributed by atoms with Crippen LogP contribution in [0.4, 0.5) is 0 Å². The number of halogens is 1. The fourth-order valence-corrected chi connectivity index (χ4v) is 3.07. The van der Waals surface area contributed by atoms with E-state index in [1.807, 2.05) is 6.92 Å². The molecule has 0 amide bonds. The van der Waals surface area contributed by atoms with Crippen LogP contribution in [0.5, 0.6) is 0 Å². The van der Waals surface area contributed by atoms with Crippen LogP contribution >= 0.6 is 15.9 Å². The zero-order valence-corrected chi connectivity index (χ0v) is 13.2. The monoisotopic (exact) mass is 337 g/mol. The van der Waals surface area contributed by atoms with Crippen molar-refractivity contribution in [2.24, 2.45) is 0 Å². The van der Waals surface area contributed by atoms with E-state index in [1.165, 1.54) is 4.31 Å². The normalized spacial score (nSPS) is 12.2. The van der Waals surface area contributed by atoms with Crippen molar-refractivity contribution in [3.63, 3.8) is 0 Å². The second-order valence-electron chi connectivity index (χ2n) is 4.12. The Labute approximate surface area is 117 Å². The Balaban J connectivity index is 2.62. The van der Waals surface area contributed by atoms with Crippen molar-refractivity contribution >= 4 is 26.0 Å². The van der Waals surface area contributed by atoms with Gasteiger partial charge in [-0.25, -0.2) is 13.4 Å². The number of unbranched alkanes of at least 4 members (excludes halogenated alkanes) is 2. The number of nitrogens with zero attached hydrogens (tertiary/aromatic N) is 3. The highest BCUT2D eigenvalue weighted by Crippen LogP contribution is 2.12. The highest BCUT2D eigenvalue weighted by atomic mass is 79.9. The molecule has 0 saturated carbocycles. The van der Waals surface area contributed by atoms with E-state index in [-0.39, 0.29) is 5.03 Å². The second-order valence-corrected chi connectivity index (χ2v) is 6.90. The van der Waals surface area contributed by atoms with E-state index in [4.69, 9.17) is 0 Å². The minimum atomic E-state index is -3.43. The van der Waals surface area contributed by atoms with Crippen molar-refractivity contribution in [3.05, 3.63) is 12.5 Å². The van der Waals surface area contributed by atoms with Crippen LogP contribution in [0.15, 0.2) is 17.6 Å². The van der Waals surface area contributed by atoms with Crippen LogP contribution in [0.3, 0.4) is 0 Å². The maximum Gasteiger partial charge on any atom is 0.261 e. The molecule has 0 fully saturated rings. The van der Waals surface area contributed by atoms with Crippen LogP contribution in [0.2, 0.25) is 0 Å². The summed E-state index contributed by atoms with van der Waals surface area (Å²) in [4.78, 5) is 3.95. The summed E-state index contributed by atoms with van der Waals surface area (Å²) in [6, 6.07) is 0. The van der Waals surface area contributed by atoms with Crippen molar-refractivity contribution in [1.82, 2.24) is 13.9 Å². The molecule has 0 unspecified atom stereocenters. The van der Waals surface area contributed by atoms with E-state index >= 15 is 0 Å². The molecular weight excluding hydrogens is 318 g/mol. The summed E-state index contributed by atoms with van der Waals surface area (Å²) in [7, 11) is -1.82. The average molecular weight is 338 g/mol. The number of sulfonamides is 1. The smallest absolute Gasteiger partial charge is 0.261 e. The average Bonchev–Trinajstić information content (AvgIpc) is 2.83. The molecule has 1 heterocycles. The van der Waals surface area contributed by atoms with Crippen molar-refractivity contribution in [3.8, 4) is 0 Å². The molecule has 0 atom stereocenters. The molecule has 0 aliphatic carbocycles. The van der Waals surface area contributed by atoms with Gasteiger partial charge in [0.25, 0.3) is 10.0 Å². The summed E-state index contributed by atoms with van der Waals surface area (Å²) < 4.78 is 27.5. The lowest BCUT2D eigenvalue weighted by atomic mass is 10.2. The van der Waals surface area contributed by atoms with Crippen LogP contribution in [-0.2, 0) is 16.6 Å². The summed E-state index contributed by atoms with van der Waals surface area (Å²) in [6.45, 7) is 3.20. The van der Waals surface area contributed by atoms with Gasteiger partial charge in [0.05, 0.1) is 6.33 Å². The molecule has 18 heavy (non-hydrogen) atoms. The first-order chi connectivity index (χ1) is 8.52. The van der Waals surface area contributed by atoms with Gasteiger partial charge >= 0.3 is 0 Å². The molecule has 0 N–H and O–H groups in total. The van der Waals surface area contributed by atoms with Gasteiger partial charge in [0, 0.05) is 31.7 Å². The van der Waals surface area contributed by atoms with Crippen LogP contribution in [-0.4, -0.2) is 41.2 Å². The number of hydrogen-bond acceptors (Lipinski definition) is 3. The third-order valence-electron chi connectivity index (χ3n) is 2.76. The number of rotatable bonds is 8. The Morgan fingerprint density at radius 1 is 1.39 bits per heavy atom. The SMILES string of the molecule is CCn1cnc(S(=O)(=O)N(C)CCCCCBr)c1. The summed E-state index contributed by atoms with van der Waals surface area (Å²) in [5.41, 5.74) is 0. The first kappa shape index (κ1) is 15.7. The van der Waals surface area contributed by atoms with Crippen molar-refractivity contribution in [1.29, 1.82) is 0 Å². The standard InChI is InChI=1S/C11H20BrN3O2S/c1-3-15-9-11(13-10-15)18(16,17)14(2)8-6-4-5-7-12/h9-10H,3-8H2,1-2H3. The van der Waals surface area contributed by atoms with Gasteiger partial charge in [0.2, 0.25) is 0 Å². The lowest BCUT2D eigenvalue weighted by Gasteiger charge is -2.15. The van der Waals surface area contributed by atoms with E-state index in [2.05, 4.69) is 20.9 Å².